The van der Waals surface area contributed by atoms with Gasteiger partial charge in [-0.15, -0.1) is 0 Å². The molecule has 0 bridgehead atoms. The average molecular weight is 557 g/mol. The predicted octanol–water partition coefficient (Wildman–Crippen LogP) is 6.29. The van der Waals surface area contributed by atoms with E-state index in [0.29, 0.717) is 53.1 Å². The van der Waals surface area contributed by atoms with Crippen LogP contribution in [0, 0.1) is 0 Å². The molecule has 40 heavy (non-hydrogen) atoms. The van der Waals surface area contributed by atoms with Gasteiger partial charge in [0.15, 0.2) is 0 Å². The quantitative estimate of drug-likeness (QED) is 0.284. The van der Waals surface area contributed by atoms with Crippen LogP contribution in [0.25, 0.3) is 11.3 Å². The van der Waals surface area contributed by atoms with Crippen LogP contribution in [0.4, 0.5) is 17.1 Å². The standard InChI is InChI=1S/C32H36N4O3S/c1-21-7-6-8-22(2)36(21)20-23-11-13-25(14-12-23)33-31(24-9-4-3-5-10-24)30-28-19-26(15-18-29(28)34-32(30)37)35-40(38,39)27-16-17-27/h3-5,9-15,18-19,21-22,27,33,35H,6-8,16-17,20H2,1-2H3,(H,34,37)/b31-30-. The van der Waals surface area contributed by atoms with Crippen LogP contribution in [-0.2, 0) is 21.4 Å². The molecule has 3 aliphatic rings. The average Bonchev–Trinajstić information content (AvgIpc) is 3.75. The molecule has 2 atom stereocenters. The van der Waals surface area contributed by atoms with Gasteiger partial charge in [-0.05, 0) is 81.0 Å². The molecule has 2 fully saturated rings. The van der Waals surface area contributed by atoms with Crippen molar-refractivity contribution in [3.63, 3.8) is 0 Å². The van der Waals surface area contributed by atoms with Crippen LogP contribution in [-0.4, -0.2) is 36.6 Å². The lowest BCUT2D eigenvalue weighted by molar-refractivity contribution is -0.110. The molecule has 8 heteroatoms. The highest BCUT2D eigenvalue weighted by Gasteiger charge is 2.36. The molecule has 1 saturated heterocycles. The first kappa shape index (κ1) is 26.6. The van der Waals surface area contributed by atoms with Crippen LogP contribution in [0.1, 0.15) is 62.6 Å². The second kappa shape index (κ2) is 10.7. The van der Waals surface area contributed by atoms with Crippen LogP contribution in [0.5, 0.6) is 0 Å². The SMILES string of the molecule is CC1CCCC(C)N1Cc1ccc(N/C(=C2\C(=O)Nc3ccc(NS(=O)(=O)C4CC4)cc32)c2ccccc2)cc1. The molecule has 1 amide bonds. The van der Waals surface area contributed by atoms with Crippen LogP contribution < -0.4 is 15.4 Å². The number of piperidine rings is 1. The van der Waals surface area contributed by atoms with Gasteiger partial charge in [-0.25, -0.2) is 8.42 Å². The van der Waals surface area contributed by atoms with E-state index >= 15 is 0 Å². The summed E-state index contributed by atoms with van der Waals surface area (Å²) >= 11 is 0. The summed E-state index contributed by atoms with van der Waals surface area (Å²) in [6, 6.07) is 24.5. The number of anilines is 3. The zero-order valence-corrected chi connectivity index (χ0v) is 23.8. The lowest BCUT2D eigenvalue weighted by Gasteiger charge is -2.39. The Kier molecular flexibility index (Phi) is 7.15. The highest BCUT2D eigenvalue weighted by atomic mass is 32.2. The fourth-order valence-electron chi connectivity index (χ4n) is 5.82. The zero-order valence-electron chi connectivity index (χ0n) is 23.0. The van der Waals surface area contributed by atoms with Crippen molar-refractivity contribution < 1.29 is 13.2 Å². The molecule has 3 aromatic rings. The summed E-state index contributed by atoms with van der Waals surface area (Å²) in [6.45, 7) is 5.55. The Morgan fingerprint density at radius 2 is 1.57 bits per heavy atom. The smallest absolute Gasteiger partial charge is 0.258 e. The Bertz CT molecular complexity index is 1540. The number of nitrogens with one attached hydrogen (secondary N) is 3. The largest absolute Gasteiger partial charge is 0.354 e. The third kappa shape index (κ3) is 5.51. The number of benzene rings is 3. The van der Waals surface area contributed by atoms with Gasteiger partial charge in [0.1, 0.15) is 0 Å². The van der Waals surface area contributed by atoms with Gasteiger partial charge in [0.25, 0.3) is 5.91 Å². The van der Waals surface area contributed by atoms with E-state index in [2.05, 4.69) is 58.4 Å². The first-order chi connectivity index (χ1) is 19.3. The van der Waals surface area contributed by atoms with E-state index in [4.69, 9.17) is 0 Å². The van der Waals surface area contributed by atoms with Crippen molar-refractivity contribution in [2.45, 2.75) is 69.8 Å². The summed E-state index contributed by atoms with van der Waals surface area (Å²) in [5.41, 5.74) is 5.93. The van der Waals surface area contributed by atoms with Gasteiger partial charge in [0.05, 0.1) is 16.5 Å². The predicted molar refractivity (Wildman–Crippen MR) is 162 cm³/mol. The zero-order chi connectivity index (χ0) is 27.9. The molecule has 1 aliphatic carbocycles. The van der Waals surface area contributed by atoms with Gasteiger partial charge >= 0.3 is 0 Å². The Morgan fingerprint density at radius 1 is 0.900 bits per heavy atom. The number of sulfonamides is 1. The van der Waals surface area contributed by atoms with Crippen molar-refractivity contribution in [3.05, 3.63) is 89.5 Å². The topological polar surface area (TPSA) is 90.5 Å². The van der Waals surface area contributed by atoms with Gasteiger partial charge in [0, 0.05) is 41.3 Å². The number of nitrogens with zero attached hydrogens (tertiary/aromatic N) is 1. The summed E-state index contributed by atoms with van der Waals surface area (Å²) in [4.78, 5) is 15.9. The molecule has 1 saturated carbocycles. The Morgan fingerprint density at radius 3 is 2.25 bits per heavy atom. The summed E-state index contributed by atoms with van der Waals surface area (Å²) in [6.07, 6.45) is 5.14. The second-order valence-corrected chi connectivity index (χ2v) is 13.3. The summed E-state index contributed by atoms with van der Waals surface area (Å²) in [5.74, 6) is -0.228. The van der Waals surface area contributed by atoms with Crippen molar-refractivity contribution in [3.8, 4) is 0 Å². The normalized spacial score (nSPS) is 22.4. The van der Waals surface area contributed by atoms with Crippen LogP contribution in [0.15, 0.2) is 72.8 Å². The lowest BCUT2D eigenvalue weighted by Crippen LogP contribution is -2.42. The fourth-order valence-corrected chi connectivity index (χ4v) is 7.20. The van der Waals surface area contributed by atoms with E-state index in [9.17, 15) is 13.2 Å². The van der Waals surface area contributed by atoms with Crippen molar-refractivity contribution in [2.75, 3.05) is 15.4 Å². The maximum Gasteiger partial charge on any atom is 0.258 e. The molecule has 3 N–H and O–H groups in total. The number of amides is 1. The minimum absolute atomic E-state index is 0.228. The molecule has 0 spiro atoms. The Balaban J connectivity index is 1.32. The maximum absolute atomic E-state index is 13.3. The van der Waals surface area contributed by atoms with Crippen molar-refractivity contribution >= 4 is 44.3 Å². The summed E-state index contributed by atoms with van der Waals surface area (Å²) < 4.78 is 27.9. The van der Waals surface area contributed by atoms with Gasteiger partial charge in [-0.2, -0.15) is 0 Å². The third-order valence-electron chi connectivity index (χ3n) is 8.26. The highest BCUT2D eigenvalue weighted by Crippen LogP contribution is 2.40. The number of hydrogen-bond donors (Lipinski definition) is 3. The lowest BCUT2D eigenvalue weighted by atomic mass is 9.96. The van der Waals surface area contributed by atoms with Crippen LogP contribution >= 0.6 is 0 Å². The van der Waals surface area contributed by atoms with Gasteiger partial charge in [0.2, 0.25) is 10.0 Å². The van der Waals surface area contributed by atoms with E-state index in [1.807, 2.05) is 30.3 Å². The molecular formula is C32H36N4O3S. The molecule has 7 nitrogen and oxygen atoms in total. The van der Waals surface area contributed by atoms with Crippen LogP contribution in [0.2, 0.25) is 0 Å². The number of carbonyl (C=O) groups excluding carboxylic acids is 1. The van der Waals surface area contributed by atoms with E-state index in [1.54, 1.807) is 18.2 Å². The Hall–Kier alpha value is -3.62. The van der Waals surface area contributed by atoms with Crippen molar-refractivity contribution in [1.29, 1.82) is 0 Å². The molecule has 6 rings (SSSR count). The summed E-state index contributed by atoms with van der Waals surface area (Å²) in [5, 5.41) is 6.14. The molecule has 208 valence electrons. The van der Waals surface area contributed by atoms with Gasteiger partial charge in [-0.1, -0.05) is 48.9 Å². The minimum atomic E-state index is -3.42. The molecule has 3 aromatic carbocycles. The number of hydrogen-bond acceptors (Lipinski definition) is 5. The summed E-state index contributed by atoms with van der Waals surface area (Å²) in [7, 11) is -3.42. The number of rotatable bonds is 8. The molecule has 2 aliphatic heterocycles. The third-order valence-corrected chi connectivity index (χ3v) is 10.1. The highest BCUT2D eigenvalue weighted by molar-refractivity contribution is 7.93. The van der Waals surface area contributed by atoms with E-state index < -0.39 is 10.0 Å². The Labute approximate surface area is 236 Å². The van der Waals surface area contributed by atoms with E-state index in [1.165, 1.54) is 24.8 Å². The first-order valence-corrected chi connectivity index (χ1v) is 15.7. The van der Waals surface area contributed by atoms with Crippen molar-refractivity contribution in [2.24, 2.45) is 0 Å². The number of carbonyl (C=O) groups is 1. The molecule has 2 unspecified atom stereocenters. The van der Waals surface area contributed by atoms with Crippen molar-refractivity contribution in [1.82, 2.24) is 4.90 Å². The monoisotopic (exact) mass is 556 g/mol. The fraction of sp³-hybridized carbons (Fsp3) is 0.344. The van der Waals surface area contributed by atoms with Gasteiger partial charge in [-0.3, -0.25) is 14.4 Å². The molecule has 0 aromatic heterocycles. The van der Waals surface area contributed by atoms with E-state index in [0.717, 1.165) is 17.8 Å². The second-order valence-electron chi connectivity index (χ2n) is 11.3. The molecule has 0 radical (unpaired) electrons. The molecule has 2 heterocycles. The molecular weight excluding hydrogens is 520 g/mol. The number of fused-ring (bicyclic) bond motifs is 1. The van der Waals surface area contributed by atoms with E-state index in [-0.39, 0.29) is 11.2 Å². The van der Waals surface area contributed by atoms with Gasteiger partial charge < -0.3 is 10.6 Å². The first-order valence-electron chi connectivity index (χ1n) is 14.2. The van der Waals surface area contributed by atoms with Crippen LogP contribution in [0.3, 0.4) is 0 Å². The number of likely N-dealkylation sites (tertiary alicyclic amines) is 1. The maximum atomic E-state index is 13.3. The minimum Gasteiger partial charge on any atom is -0.354 e.